The molecule has 4 aromatic rings. The second kappa shape index (κ2) is 15.9. The minimum atomic E-state index is -4.71. The fraction of sp³-hybridized carbons (Fsp3) is 0.439. The molecule has 4 heterocycles. The standard InChI is InChI=1S/C41H45F3N8O6/c1-40(2,58)27-20-30-24(19-31(27)47-36(54)29-9-5-10-33(46-29)41(42,43)44)22-51(49-30)25-13-11-23(12-14-25)21-50(3)18-6-17-45-28-8-4-7-26-35(28)39(57)52(38(26)56)32-15-16-34(53)48-37(32)55/h4-5,7-10,19-20,22-23,25,32,45,58H,6,11-18,21H2,1-3H3,(H,47,54)(H,48,53,55)/t23-,25-,32?. The first-order chi connectivity index (χ1) is 27.5. The Hall–Kier alpha value is -5.68. The van der Waals surface area contributed by atoms with Crippen molar-refractivity contribution < 1.29 is 42.3 Å². The second-order valence-corrected chi connectivity index (χ2v) is 15.9. The molecule has 58 heavy (non-hydrogen) atoms. The van der Waals surface area contributed by atoms with Crippen molar-refractivity contribution in [2.75, 3.05) is 37.3 Å². The van der Waals surface area contributed by atoms with Crippen molar-refractivity contribution in [2.45, 2.75) is 82.7 Å². The van der Waals surface area contributed by atoms with Gasteiger partial charge in [-0.25, -0.2) is 4.98 Å². The minimum absolute atomic E-state index is 0.0564. The average molecular weight is 803 g/mol. The molecular formula is C41H45F3N8O6. The predicted molar refractivity (Wildman–Crippen MR) is 207 cm³/mol. The maximum atomic E-state index is 13.4. The van der Waals surface area contributed by atoms with Crippen molar-refractivity contribution in [2.24, 2.45) is 5.92 Å². The summed E-state index contributed by atoms with van der Waals surface area (Å²) in [6.07, 6.45) is 1.89. The molecule has 306 valence electrons. The molecule has 3 aliphatic rings. The van der Waals surface area contributed by atoms with E-state index in [0.717, 1.165) is 62.2 Å². The van der Waals surface area contributed by atoms with Crippen molar-refractivity contribution in [1.29, 1.82) is 0 Å². The van der Waals surface area contributed by atoms with Crippen LogP contribution in [0.25, 0.3) is 10.9 Å². The molecule has 7 rings (SSSR count). The maximum absolute atomic E-state index is 13.4. The lowest BCUT2D eigenvalue weighted by Gasteiger charge is -2.31. The van der Waals surface area contributed by atoms with E-state index < -0.39 is 58.7 Å². The van der Waals surface area contributed by atoms with Crippen LogP contribution in [-0.2, 0) is 21.4 Å². The highest BCUT2D eigenvalue weighted by atomic mass is 19.4. The number of fused-ring (bicyclic) bond motifs is 2. The van der Waals surface area contributed by atoms with Crippen LogP contribution < -0.4 is 16.0 Å². The zero-order valence-electron chi connectivity index (χ0n) is 32.4. The Balaban J connectivity index is 0.912. The van der Waals surface area contributed by atoms with E-state index in [1.54, 1.807) is 44.2 Å². The van der Waals surface area contributed by atoms with Crippen LogP contribution in [0.3, 0.4) is 0 Å². The fourth-order valence-electron chi connectivity index (χ4n) is 8.15. The molecule has 14 nitrogen and oxygen atoms in total. The molecule has 1 saturated carbocycles. The largest absolute Gasteiger partial charge is 0.433 e. The van der Waals surface area contributed by atoms with Crippen molar-refractivity contribution in [3.63, 3.8) is 0 Å². The number of nitrogens with zero attached hydrogens (tertiary/aromatic N) is 5. The molecule has 1 unspecified atom stereocenters. The molecule has 0 radical (unpaired) electrons. The van der Waals surface area contributed by atoms with Crippen LogP contribution in [0.2, 0.25) is 0 Å². The normalized spacial score (nSPS) is 20.1. The van der Waals surface area contributed by atoms with Gasteiger partial charge >= 0.3 is 6.18 Å². The number of halogens is 3. The van der Waals surface area contributed by atoms with Gasteiger partial charge in [0, 0.05) is 48.0 Å². The van der Waals surface area contributed by atoms with Crippen LogP contribution in [-0.4, -0.2) is 91.9 Å². The second-order valence-electron chi connectivity index (χ2n) is 15.9. The molecule has 0 bridgehead atoms. The molecule has 2 aromatic heterocycles. The summed E-state index contributed by atoms with van der Waals surface area (Å²) in [4.78, 5) is 70.4. The quantitative estimate of drug-likeness (QED) is 0.106. The van der Waals surface area contributed by atoms with Gasteiger partial charge in [-0.1, -0.05) is 12.1 Å². The minimum Gasteiger partial charge on any atom is -0.386 e. The van der Waals surface area contributed by atoms with Crippen LogP contribution in [0.1, 0.15) is 107 Å². The number of imide groups is 2. The summed E-state index contributed by atoms with van der Waals surface area (Å²) < 4.78 is 41.6. The lowest BCUT2D eigenvalue weighted by Crippen LogP contribution is -2.54. The predicted octanol–water partition coefficient (Wildman–Crippen LogP) is 5.50. The maximum Gasteiger partial charge on any atom is 0.433 e. The molecule has 2 aliphatic heterocycles. The summed E-state index contributed by atoms with van der Waals surface area (Å²) >= 11 is 0. The van der Waals surface area contributed by atoms with Crippen LogP contribution in [0.5, 0.6) is 0 Å². The van der Waals surface area contributed by atoms with Crippen LogP contribution >= 0.6 is 0 Å². The number of rotatable bonds is 12. The topological polar surface area (TPSA) is 179 Å². The first-order valence-corrected chi connectivity index (χ1v) is 19.4. The number of carbonyl (C=O) groups is 5. The van der Waals surface area contributed by atoms with Gasteiger partial charge in [-0.05, 0) is 108 Å². The Kier molecular flexibility index (Phi) is 11.1. The Morgan fingerprint density at radius 3 is 2.43 bits per heavy atom. The van der Waals surface area contributed by atoms with E-state index in [4.69, 9.17) is 5.10 Å². The van der Waals surface area contributed by atoms with Gasteiger partial charge in [-0.3, -0.25) is 38.9 Å². The first kappa shape index (κ1) is 40.5. The van der Waals surface area contributed by atoms with Gasteiger partial charge in [0.05, 0.1) is 28.3 Å². The first-order valence-electron chi connectivity index (χ1n) is 19.4. The van der Waals surface area contributed by atoms with E-state index in [1.807, 2.05) is 10.9 Å². The molecule has 17 heteroatoms. The summed E-state index contributed by atoms with van der Waals surface area (Å²) in [5.74, 6) is -2.51. The molecule has 4 N–H and O–H groups in total. The number of piperidine rings is 1. The number of benzene rings is 2. The Labute approximate surface area is 332 Å². The lowest BCUT2D eigenvalue weighted by molar-refractivity contribution is -0.141. The molecular weight excluding hydrogens is 757 g/mol. The van der Waals surface area contributed by atoms with Crippen LogP contribution in [0.4, 0.5) is 24.5 Å². The van der Waals surface area contributed by atoms with E-state index in [1.165, 1.54) is 6.07 Å². The van der Waals surface area contributed by atoms with E-state index in [2.05, 4.69) is 32.9 Å². The molecule has 5 amide bonds. The third kappa shape index (κ3) is 8.45. The number of aromatic nitrogens is 3. The smallest absolute Gasteiger partial charge is 0.386 e. The van der Waals surface area contributed by atoms with Crippen molar-refractivity contribution >= 4 is 51.8 Å². The molecule has 1 atom stereocenters. The Bertz CT molecular complexity index is 2280. The third-order valence-corrected chi connectivity index (χ3v) is 11.1. The van der Waals surface area contributed by atoms with Gasteiger partial charge in [0.25, 0.3) is 17.7 Å². The molecule has 1 aliphatic carbocycles. The monoisotopic (exact) mass is 802 g/mol. The zero-order chi connectivity index (χ0) is 41.5. The third-order valence-electron chi connectivity index (χ3n) is 11.1. The number of nitrogens with one attached hydrogen (secondary N) is 3. The molecule has 2 fully saturated rings. The lowest BCUT2D eigenvalue weighted by atomic mass is 9.86. The molecule has 1 saturated heterocycles. The molecule has 0 spiro atoms. The zero-order valence-corrected chi connectivity index (χ0v) is 32.4. The number of carbonyl (C=O) groups excluding carboxylic acids is 5. The Morgan fingerprint density at radius 2 is 1.72 bits per heavy atom. The van der Waals surface area contributed by atoms with Gasteiger partial charge in [0.2, 0.25) is 11.8 Å². The highest BCUT2D eigenvalue weighted by Gasteiger charge is 2.45. The van der Waals surface area contributed by atoms with Crippen molar-refractivity contribution in [1.82, 2.24) is 29.9 Å². The van der Waals surface area contributed by atoms with Crippen LogP contribution in [0, 0.1) is 5.92 Å². The van der Waals surface area contributed by atoms with E-state index in [-0.39, 0.29) is 35.7 Å². The summed E-state index contributed by atoms with van der Waals surface area (Å²) in [6, 6.07) is 10.6. The average Bonchev–Trinajstić information content (AvgIpc) is 3.70. The number of anilines is 2. The summed E-state index contributed by atoms with van der Waals surface area (Å²) in [5.41, 5.74) is -0.748. The number of pyridine rings is 1. The van der Waals surface area contributed by atoms with Crippen LogP contribution in [0.15, 0.2) is 54.7 Å². The van der Waals surface area contributed by atoms with Crippen molar-refractivity contribution in [3.8, 4) is 0 Å². The number of hydrogen-bond donors (Lipinski definition) is 4. The molecule has 2 aromatic carbocycles. The number of aliphatic hydroxyl groups is 1. The van der Waals surface area contributed by atoms with Gasteiger partial charge < -0.3 is 20.6 Å². The van der Waals surface area contributed by atoms with Gasteiger partial charge in [-0.2, -0.15) is 18.3 Å². The Morgan fingerprint density at radius 1 is 0.983 bits per heavy atom. The van der Waals surface area contributed by atoms with E-state index >= 15 is 0 Å². The number of amides is 5. The fourth-order valence-corrected chi connectivity index (χ4v) is 8.15. The van der Waals surface area contributed by atoms with E-state index in [9.17, 15) is 42.3 Å². The summed E-state index contributed by atoms with van der Waals surface area (Å²) in [5, 5.41) is 24.6. The highest BCUT2D eigenvalue weighted by molar-refractivity contribution is 6.25. The summed E-state index contributed by atoms with van der Waals surface area (Å²) in [6.45, 7) is 5.37. The number of hydrogen-bond acceptors (Lipinski definition) is 10. The van der Waals surface area contributed by atoms with Gasteiger partial charge in [0.1, 0.15) is 17.4 Å². The number of alkyl halides is 3. The highest BCUT2D eigenvalue weighted by Crippen LogP contribution is 2.37. The summed E-state index contributed by atoms with van der Waals surface area (Å²) in [7, 11) is 2.08. The SMILES string of the molecule is CN(CCCNc1cccc2c1C(=O)N(C1CCC(=O)NC1=O)C2=O)C[C@H]1CC[C@H](n2cc3cc(NC(=O)c4cccc(C(F)(F)F)n4)c(C(C)(C)O)cc3n2)CC1. The van der Waals surface area contributed by atoms with Crippen molar-refractivity contribution in [3.05, 3.63) is 82.8 Å². The van der Waals surface area contributed by atoms with Gasteiger partial charge in [-0.15, -0.1) is 0 Å². The van der Waals surface area contributed by atoms with E-state index in [0.29, 0.717) is 34.6 Å². The van der Waals surface area contributed by atoms with Gasteiger partial charge in [0.15, 0.2) is 0 Å².